The largest absolute Gasteiger partial charge is 0.871 e. The Bertz CT molecular complexity index is 532. The van der Waals surface area contributed by atoms with E-state index >= 15 is 0 Å². The van der Waals surface area contributed by atoms with Gasteiger partial charge in [-0.05, 0) is 5.92 Å². The third kappa shape index (κ3) is 2.27. The van der Waals surface area contributed by atoms with Gasteiger partial charge in [-0.15, -0.1) is 0 Å². The molecule has 2 heterocycles. The van der Waals surface area contributed by atoms with Gasteiger partial charge in [0.2, 0.25) is 0 Å². The van der Waals surface area contributed by atoms with Gasteiger partial charge in [0.15, 0.2) is 17.6 Å². The van der Waals surface area contributed by atoms with Crippen molar-refractivity contribution in [1.82, 2.24) is 0 Å². The monoisotopic (exact) mass is 245 g/mol. The normalized spacial score (nSPS) is 18.9. The molecule has 0 fully saturated rings. The molecule has 0 aliphatic carbocycles. The van der Waals surface area contributed by atoms with Crippen LogP contribution in [0.1, 0.15) is 12.6 Å². The summed E-state index contributed by atoms with van der Waals surface area (Å²) in [7, 11) is 1.31. The number of esters is 1. The minimum atomic E-state index is -0.466. The number of carbonyl (C=O) groups is 1. The Balaban J connectivity index is 2.44. The molecule has 1 atom stereocenters. The number of hydrogen-bond acceptors (Lipinski definition) is 3. The molecule has 0 saturated carbocycles. The van der Waals surface area contributed by atoms with Crippen LogP contribution in [0.15, 0.2) is 42.3 Å². The van der Waals surface area contributed by atoms with Gasteiger partial charge in [-0.1, -0.05) is 18.7 Å². The average molecular weight is 245 g/mol. The second-order valence-electron chi connectivity index (χ2n) is 4.27. The van der Waals surface area contributed by atoms with E-state index in [2.05, 4.69) is 4.74 Å². The van der Waals surface area contributed by atoms with Crippen molar-refractivity contribution in [2.45, 2.75) is 13.3 Å². The molecule has 0 N–H and O–H groups in total. The lowest BCUT2D eigenvalue weighted by molar-refractivity contribution is -0.597. The summed E-state index contributed by atoms with van der Waals surface area (Å²) in [6, 6.07) is 5.78. The molecule has 0 saturated heterocycles. The molecule has 1 aromatic heterocycles. The second kappa shape index (κ2) is 5.04. The first-order valence-electron chi connectivity index (χ1n) is 5.80. The lowest BCUT2D eigenvalue weighted by Gasteiger charge is -2.25. The Labute approximate surface area is 106 Å². The number of pyridine rings is 1. The first-order valence-corrected chi connectivity index (χ1v) is 5.80. The molecule has 1 unspecified atom stereocenters. The standard InChI is InChI=1S/C14H15NO3/c1-10-9-11-5-3-4-8-15(11)12(14(10)17)6-7-13(16)18-2/h3-8,10H,9H2,1-2H3. The fourth-order valence-electron chi connectivity index (χ4n) is 2.03. The molecule has 0 radical (unpaired) electrons. The summed E-state index contributed by atoms with van der Waals surface area (Å²) in [6.45, 7) is 1.89. The maximum absolute atomic E-state index is 12.1. The smallest absolute Gasteiger partial charge is 0.330 e. The third-order valence-electron chi connectivity index (χ3n) is 3.00. The number of carbonyl (C=O) groups excluding carboxylic acids is 1. The number of allylic oxidation sites excluding steroid dienone is 3. The van der Waals surface area contributed by atoms with Crippen molar-refractivity contribution >= 4 is 11.7 Å². The van der Waals surface area contributed by atoms with Crippen LogP contribution in [-0.4, -0.2) is 13.1 Å². The summed E-state index contributed by atoms with van der Waals surface area (Å²) in [5.41, 5.74) is 1.57. The van der Waals surface area contributed by atoms with Gasteiger partial charge in [-0.25, -0.2) is 4.79 Å². The number of rotatable bonds is 2. The minimum absolute atomic E-state index is 0.0406. The molecule has 0 aromatic carbocycles. The molecular weight excluding hydrogens is 230 g/mol. The quantitative estimate of drug-likeness (QED) is 0.431. The Morgan fingerprint density at radius 1 is 1.56 bits per heavy atom. The predicted molar refractivity (Wildman–Crippen MR) is 63.9 cm³/mol. The van der Waals surface area contributed by atoms with Crippen molar-refractivity contribution in [1.29, 1.82) is 0 Å². The molecule has 4 nitrogen and oxygen atoms in total. The highest BCUT2D eigenvalue weighted by Gasteiger charge is 2.24. The first-order chi connectivity index (χ1) is 8.63. The maximum Gasteiger partial charge on any atom is 0.330 e. The lowest BCUT2D eigenvalue weighted by Crippen LogP contribution is -2.44. The lowest BCUT2D eigenvalue weighted by atomic mass is 9.97. The summed E-state index contributed by atoms with van der Waals surface area (Å²) in [5.74, 6) is -0.491. The highest BCUT2D eigenvalue weighted by molar-refractivity contribution is 5.83. The van der Waals surface area contributed by atoms with Crippen molar-refractivity contribution in [3.8, 4) is 0 Å². The SMILES string of the molecule is COC(=O)/C=C/C1=C([O-])C(C)Cc2cccc[n+]21. The van der Waals surface area contributed by atoms with Crippen LogP contribution in [0.3, 0.4) is 0 Å². The van der Waals surface area contributed by atoms with Crippen LogP contribution in [0.25, 0.3) is 5.70 Å². The Morgan fingerprint density at radius 3 is 3.06 bits per heavy atom. The van der Waals surface area contributed by atoms with E-state index in [1.165, 1.54) is 19.3 Å². The van der Waals surface area contributed by atoms with Crippen LogP contribution >= 0.6 is 0 Å². The van der Waals surface area contributed by atoms with Gasteiger partial charge >= 0.3 is 5.97 Å². The van der Waals surface area contributed by atoms with E-state index in [0.717, 1.165) is 12.1 Å². The first kappa shape index (κ1) is 12.4. The van der Waals surface area contributed by atoms with Gasteiger partial charge in [0.25, 0.3) is 0 Å². The Morgan fingerprint density at radius 2 is 2.33 bits per heavy atom. The number of methoxy groups -OCH3 is 1. The number of nitrogens with zero attached hydrogens (tertiary/aromatic N) is 1. The van der Waals surface area contributed by atoms with Gasteiger partial charge in [0.1, 0.15) is 0 Å². The highest BCUT2D eigenvalue weighted by atomic mass is 16.5. The van der Waals surface area contributed by atoms with Crippen molar-refractivity contribution in [2.75, 3.05) is 7.11 Å². The highest BCUT2D eigenvalue weighted by Crippen LogP contribution is 2.20. The van der Waals surface area contributed by atoms with Crippen molar-refractivity contribution < 1.29 is 19.2 Å². The molecule has 0 bridgehead atoms. The van der Waals surface area contributed by atoms with Crippen molar-refractivity contribution in [2.24, 2.45) is 5.92 Å². The summed E-state index contributed by atoms with van der Waals surface area (Å²) in [4.78, 5) is 11.1. The van der Waals surface area contributed by atoms with Crippen LogP contribution in [-0.2, 0) is 16.0 Å². The molecule has 0 spiro atoms. The van der Waals surface area contributed by atoms with Gasteiger partial charge < -0.3 is 9.84 Å². The molecular formula is C14H15NO3. The van der Waals surface area contributed by atoms with Crippen LogP contribution in [0.5, 0.6) is 0 Å². The zero-order valence-corrected chi connectivity index (χ0v) is 10.4. The molecule has 18 heavy (non-hydrogen) atoms. The summed E-state index contributed by atoms with van der Waals surface area (Å²) in [6.07, 6.45) is 5.34. The van der Waals surface area contributed by atoms with Gasteiger partial charge in [-0.2, -0.15) is 4.57 Å². The van der Waals surface area contributed by atoms with Crippen LogP contribution in [0.2, 0.25) is 0 Å². The topological polar surface area (TPSA) is 53.2 Å². The van der Waals surface area contributed by atoms with Crippen LogP contribution in [0, 0.1) is 5.92 Å². The fourth-order valence-corrected chi connectivity index (χ4v) is 2.03. The van der Waals surface area contributed by atoms with E-state index in [1.54, 1.807) is 0 Å². The third-order valence-corrected chi connectivity index (χ3v) is 3.00. The van der Waals surface area contributed by atoms with Crippen LogP contribution < -0.4 is 9.67 Å². The van der Waals surface area contributed by atoms with Gasteiger partial charge in [-0.3, -0.25) is 0 Å². The molecule has 94 valence electrons. The van der Waals surface area contributed by atoms with Gasteiger partial charge in [0, 0.05) is 30.7 Å². The van der Waals surface area contributed by atoms with E-state index in [1.807, 2.05) is 35.9 Å². The molecule has 1 aliphatic heterocycles. The fraction of sp³-hybridized carbons (Fsp3) is 0.286. The molecule has 2 rings (SSSR count). The molecule has 0 amide bonds. The Hall–Kier alpha value is -2.10. The number of hydrogen-bond donors (Lipinski definition) is 0. The number of ether oxygens (including phenoxy) is 1. The predicted octanol–water partition coefficient (Wildman–Crippen LogP) is 0.424. The summed E-state index contributed by atoms with van der Waals surface area (Å²) in [5, 5.41) is 12.1. The van der Waals surface area contributed by atoms with Crippen molar-refractivity contribution in [3.63, 3.8) is 0 Å². The second-order valence-corrected chi connectivity index (χ2v) is 4.27. The molecule has 1 aliphatic rings. The molecule has 4 heteroatoms. The van der Waals surface area contributed by atoms with E-state index in [9.17, 15) is 9.90 Å². The van der Waals surface area contributed by atoms with E-state index in [4.69, 9.17) is 0 Å². The summed E-state index contributed by atoms with van der Waals surface area (Å²) < 4.78 is 6.35. The Kier molecular flexibility index (Phi) is 3.46. The van der Waals surface area contributed by atoms with E-state index in [-0.39, 0.29) is 11.7 Å². The van der Waals surface area contributed by atoms with E-state index in [0.29, 0.717) is 5.70 Å². The van der Waals surface area contributed by atoms with Gasteiger partial charge in [0.05, 0.1) is 7.11 Å². The maximum atomic E-state index is 12.1. The number of aromatic nitrogens is 1. The summed E-state index contributed by atoms with van der Waals surface area (Å²) >= 11 is 0. The van der Waals surface area contributed by atoms with Crippen LogP contribution in [0.4, 0.5) is 0 Å². The zero-order valence-electron chi connectivity index (χ0n) is 10.4. The van der Waals surface area contributed by atoms with Crippen molar-refractivity contribution in [3.05, 3.63) is 48.0 Å². The van der Waals surface area contributed by atoms with E-state index < -0.39 is 5.97 Å². The molecule has 1 aromatic rings. The minimum Gasteiger partial charge on any atom is -0.871 e. The average Bonchev–Trinajstić information content (AvgIpc) is 2.39. The zero-order chi connectivity index (χ0) is 13.1. The number of fused-ring (bicyclic) bond motifs is 1.